The molecule has 0 aromatic carbocycles. The zero-order valence-electron chi connectivity index (χ0n) is 10.9. The minimum Gasteiger partial charge on any atom is -0.379 e. The van der Waals surface area contributed by atoms with E-state index in [1.54, 1.807) is 0 Å². The third kappa shape index (κ3) is 4.52. The Morgan fingerprint density at radius 1 is 1.27 bits per heavy atom. The summed E-state index contributed by atoms with van der Waals surface area (Å²) in [5, 5.41) is 3.70. The van der Waals surface area contributed by atoms with Crippen LogP contribution >= 0.6 is 0 Å². The number of ether oxygens (including phenoxy) is 1. The van der Waals surface area contributed by atoms with E-state index < -0.39 is 0 Å². The summed E-state index contributed by atoms with van der Waals surface area (Å²) in [5.41, 5.74) is 0.364. The Morgan fingerprint density at radius 2 is 2.00 bits per heavy atom. The third-order valence-corrected chi connectivity index (χ3v) is 3.79. The van der Waals surface area contributed by atoms with Crippen molar-refractivity contribution < 1.29 is 4.74 Å². The second kappa shape index (κ2) is 5.31. The van der Waals surface area contributed by atoms with Gasteiger partial charge in [0.05, 0.1) is 5.60 Å². The molecule has 0 bridgehead atoms. The van der Waals surface area contributed by atoms with Gasteiger partial charge in [0.15, 0.2) is 0 Å². The Kier molecular flexibility index (Phi) is 4.60. The van der Waals surface area contributed by atoms with Crippen molar-refractivity contribution in [1.29, 1.82) is 0 Å². The number of hydrogen-bond acceptors (Lipinski definition) is 2. The first-order chi connectivity index (χ1) is 6.97. The number of hydrogen-bond donors (Lipinski definition) is 1. The highest BCUT2D eigenvalue weighted by atomic mass is 16.5. The molecule has 0 amide bonds. The number of methoxy groups -OCH3 is 1. The summed E-state index contributed by atoms with van der Waals surface area (Å²) < 4.78 is 5.48. The standard InChI is InChI=1S/C13H27NO/c1-12(2,15-4)9-10-13(3)8-6-5-7-11-14-13/h14H,5-11H2,1-4H3. The predicted octanol–water partition coefficient (Wildman–Crippen LogP) is 3.11. The molecule has 0 radical (unpaired) electrons. The van der Waals surface area contributed by atoms with Crippen molar-refractivity contribution >= 4 is 0 Å². The van der Waals surface area contributed by atoms with Crippen LogP contribution < -0.4 is 5.32 Å². The lowest BCUT2D eigenvalue weighted by Gasteiger charge is -2.33. The highest BCUT2D eigenvalue weighted by molar-refractivity contribution is 4.87. The van der Waals surface area contributed by atoms with E-state index in [-0.39, 0.29) is 5.60 Å². The van der Waals surface area contributed by atoms with Crippen LogP contribution in [0.1, 0.15) is 59.3 Å². The second-order valence-electron chi connectivity index (χ2n) is 5.76. The van der Waals surface area contributed by atoms with Crippen LogP contribution in [0.2, 0.25) is 0 Å². The van der Waals surface area contributed by atoms with Crippen molar-refractivity contribution in [2.24, 2.45) is 0 Å². The fraction of sp³-hybridized carbons (Fsp3) is 1.00. The van der Waals surface area contributed by atoms with Crippen molar-refractivity contribution in [3.05, 3.63) is 0 Å². The van der Waals surface area contributed by atoms with Gasteiger partial charge in [-0.25, -0.2) is 0 Å². The molecule has 0 aromatic heterocycles. The molecule has 0 aromatic rings. The summed E-state index contributed by atoms with van der Waals surface area (Å²) in [6.07, 6.45) is 7.75. The first-order valence-corrected chi connectivity index (χ1v) is 6.28. The maximum Gasteiger partial charge on any atom is 0.0623 e. The average Bonchev–Trinajstić information content (AvgIpc) is 2.42. The SMILES string of the molecule is COC(C)(C)CCC1(C)CCCCCN1. The van der Waals surface area contributed by atoms with Crippen molar-refractivity contribution in [2.75, 3.05) is 13.7 Å². The predicted molar refractivity (Wildman–Crippen MR) is 65.2 cm³/mol. The largest absolute Gasteiger partial charge is 0.379 e. The van der Waals surface area contributed by atoms with Gasteiger partial charge in [-0.05, 0) is 53.0 Å². The van der Waals surface area contributed by atoms with Crippen LogP contribution in [-0.2, 0) is 4.74 Å². The molecule has 0 saturated carbocycles. The monoisotopic (exact) mass is 213 g/mol. The van der Waals surface area contributed by atoms with Gasteiger partial charge in [-0.2, -0.15) is 0 Å². The van der Waals surface area contributed by atoms with E-state index in [1.165, 1.54) is 38.6 Å². The van der Waals surface area contributed by atoms with E-state index in [0.717, 1.165) is 6.42 Å². The van der Waals surface area contributed by atoms with Gasteiger partial charge in [0, 0.05) is 12.6 Å². The van der Waals surface area contributed by atoms with E-state index in [0.29, 0.717) is 5.54 Å². The molecule has 2 heteroatoms. The summed E-state index contributed by atoms with van der Waals surface area (Å²) in [6.45, 7) is 7.90. The van der Waals surface area contributed by atoms with E-state index in [9.17, 15) is 0 Å². The molecule has 1 unspecified atom stereocenters. The van der Waals surface area contributed by atoms with Gasteiger partial charge in [0.1, 0.15) is 0 Å². The van der Waals surface area contributed by atoms with Crippen LogP contribution in [0.5, 0.6) is 0 Å². The normalized spacial score (nSPS) is 28.8. The summed E-state index contributed by atoms with van der Waals surface area (Å²) in [7, 11) is 1.81. The van der Waals surface area contributed by atoms with Gasteiger partial charge < -0.3 is 10.1 Å². The maximum atomic E-state index is 5.48. The van der Waals surface area contributed by atoms with Gasteiger partial charge in [-0.15, -0.1) is 0 Å². The molecule has 1 heterocycles. The first kappa shape index (κ1) is 13.0. The van der Waals surface area contributed by atoms with E-state index in [2.05, 4.69) is 26.1 Å². The second-order valence-corrected chi connectivity index (χ2v) is 5.76. The highest BCUT2D eigenvalue weighted by Crippen LogP contribution is 2.27. The Bertz CT molecular complexity index is 181. The van der Waals surface area contributed by atoms with Gasteiger partial charge >= 0.3 is 0 Å². The summed E-state index contributed by atoms with van der Waals surface area (Å²) >= 11 is 0. The van der Waals surface area contributed by atoms with Crippen LogP contribution in [0.15, 0.2) is 0 Å². The van der Waals surface area contributed by atoms with Crippen molar-refractivity contribution in [2.45, 2.75) is 70.4 Å². The van der Waals surface area contributed by atoms with Crippen molar-refractivity contribution in [3.63, 3.8) is 0 Å². The molecule has 1 N–H and O–H groups in total. The number of rotatable bonds is 4. The highest BCUT2D eigenvalue weighted by Gasteiger charge is 2.28. The van der Waals surface area contributed by atoms with E-state index in [4.69, 9.17) is 4.74 Å². The van der Waals surface area contributed by atoms with E-state index in [1.807, 2.05) is 7.11 Å². The summed E-state index contributed by atoms with van der Waals surface area (Å²) in [6, 6.07) is 0. The smallest absolute Gasteiger partial charge is 0.0623 e. The molecule has 1 fully saturated rings. The Labute approximate surface area is 94.8 Å². The lowest BCUT2D eigenvalue weighted by molar-refractivity contribution is 0.00763. The van der Waals surface area contributed by atoms with Gasteiger partial charge in [0.2, 0.25) is 0 Å². The lowest BCUT2D eigenvalue weighted by atomic mass is 9.86. The molecule has 1 rings (SSSR count). The molecule has 1 aliphatic heterocycles. The third-order valence-electron chi connectivity index (χ3n) is 3.79. The number of nitrogens with one attached hydrogen (secondary N) is 1. The van der Waals surface area contributed by atoms with Crippen LogP contribution in [-0.4, -0.2) is 24.8 Å². The first-order valence-electron chi connectivity index (χ1n) is 6.28. The molecule has 1 atom stereocenters. The fourth-order valence-electron chi connectivity index (χ4n) is 2.19. The zero-order chi connectivity index (χ0) is 11.4. The fourth-order valence-corrected chi connectivity index (χ4v) is 2.19. The van der Waals surface area contributed by atoms with Crippen LogP contribution in [0.3, 0.4) is 0 Å². The van der Waals surface area contributed by atoms with Crippen molar-refractivity contribution in [1.82, 2.24) is 5.32 Å². The molecule has 15 heavy (non-hydrogen) atoms. The zero-order valence-corrected chi connectivity index (χ0v) is 10.9. The molecule has 0 spiro atoms. The lowest BCUT2D eigenvalue weighted by Crippen LogP contribution is -2.43. The molecule has 0 aliphatic carbocycles. The molecule has 1 saturated heterocycles. The minimum absolute atomic E-state index is 0.0248. The van der Waals surface area contributed by atoms with Gasteiger partial charge in [-0.3, -0.25) is 0 Å². The quantitative estimate of drug-likeness (QED) is 0.774. The minimum atomic E-state index is 0.0248. The molecule has 90 valence electrons. The van der Waals surface area contributed by atoms with Crippen LogP contribution in [0, 0.1) is 0 Å². The van der Waals surface area contributed by atoms with Gasteiger partial charge in [-0.1, -0.05) is 12.8 Å². The van der Waals surface area contributed by atoms with Crippen LogP contribution in [0.25, 0.3) is 0 Å². The van der Waals surface area contributed by atoms with Crippen LogP contribution in [0.4, 0.5) is 0 Å². The van der Waals surface area contributed by atoms with E-state index >= 15 is 0 Å². The Balaban J connectivity index is 2.40. The average molecular weight is 213 g/mol. The Hall–Kier alpha value is -0.0800. The maximum absolute atomic E-state index is 5.48. The van der Waals surface area contributed by atoms with Gasteiger partial charge in [0.25, 0.3) is 0 Å². The molecular formula is C13H27NO. The Morgan fingerprint density at radius 3 is 2.67 bits per heavy atom. The summed E-state index contributed by atoms with van der Waals surface area (Å²) in [4.78, 5) is 0. The molecule has 1 aliphatic rings. The van der Waals surface area contributed by atoms with Crippen molar-refractivity contribution in [3.8, 4) is 0 Å². The molecular weight excluding hydrogens is 186 g/mol. The topological polar surface area (TPSA) is 21.3 Å². The summed E-state index contributed by atoms with van der Waals surface area (Å²) in [5.74, 6) is 0. The molecule has 2 nitrogen and oxygen atoms in total.